The Kier molecular flexibility index (Phi) is 4.79. The molecule has 0 radical (unpaired) electrons. The van der Waals surface area contributed by atoms with E-state index < -0.39 is 23.5 Å². The van der Waals surface area contributed by atoms with Crippen LogP contribution in [0, 0.1) is 17.5 Å². The van der Waals surface area contributed by atoms with E-state index in [0.29, 0.717) is 12.0 Å². The maximum absolute atomic E-state index is 13.2. The lowest BCUT2D eigenvalue weighted by atomic mass is 9.99. The highest BCUT2D eigenvalue weighted by Crippen LogP contribution is 2.25. The first-order valence-electron chi connectivity index (χ1n) is 6.34. The minimum absolute atomic E-state index is 0.172. The molecule has 19 heavy (non-hydrogen) atoms. The highest BCUT2D eigenvalue weighted by atomic mass is 19.2. The van der Waals surface area contributed by atoms with Crippen molar-refractivity contribution in [2.75, 3.05) is 6.61 Å². The Balaban J connectivity index is 2.04. The molecule has 0 aromatic heterocycles. The van der Waals surface area contributed by atoms with Crippen molar-refractivity contribution in [1.82, 2.24) is 5.43 Å². The van der Waals surface area contributed by atoms with E-state index in [-0.39, 0.29) is 6.10 Å². The van der Waals surface area contributed by atoms with Crippen LogP contribution in [0.4, 0.5) is 13.2 Å². The Morgan fingerprint density at radius 3 is 2.53 bits per heavy atom. The van der Waals surface area contributed by atoms with E-state index in [2.05, 4.69) is 5.43 Å². The molecule has 1 saturated heterocycles. The molecule has 0 amide bonds. The Morgan fingerprint density at radius 2 is 2.00 bits per heavy atom. The molecule has 1 aromatic carbocycles. The average molecular weight is 274 g/mol. The largest absolute Gasteiger partial charge is 0.378 e. The molecule has 3 N–H and O–H groups in total. The topological polar surface area (TPSA) is 47.3 Å². The highest BCUT2D eigenvalue weighted by Gasteiger charge is 2.20. The molecule has 2 rings (SSSR count). The number of rotatable bonds is 5. The summed E-state index contributed by atoms with van der Waals surface area (Å²) in [5.74, 6) is 1.54. The molecule has 0 saturated carbocycles. The van der Waals surface area contributed by atoms with Gasteiger partial charge in [0.1, 0.15) is 0 Å². The predicted molar refractivity (Wildman–Crippen MR) is 64.6 cm³/mol. The number of hydrazine groups is 1. The van der Waals surface area contributed by atoms with Crippen molar-refractivity contribution >= 4 is 0 Å². The third-order valence-electron chi connectivity index (χ3n) is 3.41. The van der Waals surface area contributed by atoms with Gasteiger partial charge in [-0.05, 0) is 43.4 Å². The fraction of sp³-hybridized carbons (Fsp3) is 0.538. The SMILES string of the molecule is NNC(CCC1CCCO1)c1cc(F)c(F)c(F)c1. The molecule has 0 spiro atoms. The van der Waals surface area contributed by atoms with Gasteiger partial charge in [0.2, 0.25) is 0 Å². The molecule has 0 bridgehead atoms. The van der Waals surface area contributed by atoms with E-state index in [0.717, 1.165) is 38.0 Å². The van der Waals surface area contributed by atoms with E-state index >= 15 is 0 Å². The normalized spacial score (nSPS) is 20.7. The molecule has 6 heteroatoms. The summed E-state index contributed by atoms with van der Waals surface area (Å²) >= 11 is 0. The van der Waals surface area contributed by atoms with Gasteiger partial charge in [0.15, 0.2) is 17.5 Å². The second-order valence-electron chi connectivity index (χ2n) is 4.73. The van der Waals surface area contributed by atoms with Gasteiger partial charge in [-0.1, -0.05) is 0 Å². The van der Waals surface area contributed by atoms with Crippen LogP contribution in [0.25, 0.3) is 0 Å². The number of benzene rings is 1. The lowest BCUT2D eigenvalue weighted by Gasteiger charge is -2.18. The van der Waals surface area contributed by atoms with Crippen LogP contribution in [0.5, 0.6) is 0 Å². The first-order valence-corrected chi connectivity index (χ1v) is 6.34. The second kappa shape index (κ2) is 6.36. The molecule has 2 unspecified atom stereocenters. The van der Waals surface area contributed by atoms with E-state index in [1.807, 2.05) is 0 Å². The summed E-state index contributed by atoms with van der Waals surface area (Å²) in [6, 6.07) is 1.52. The van der Waals surface area contributed by atoms with Crippen molar-refractivity contribution in [2.45, 2.75) is 37.8 Å². The monoisotopic (exact) mass is 274 g/mol. The van der Waals surface area contributed by atoms with Crippen molar-refractivity contribution in [2.24, 2.45) is 5.84 Å². The minimum atomic E-state index is -1.46. The predicted octanol–water partition coefficient (Wildman–Crippen LogP) is 2.57. The fourth-order valence-electron chi connectivity index (χ4n) is 2.35. The maximum Gasteiger partial charge on any atom is 0.194 e. The van der Waals surface area contributed by atoms with Gasteiger partial charge in [-0.2, -0.15) is 0 Å². The smallest absolute Gasteiger partial charge is 0.194 e. The molecule has 2 atom stereocenters. The maximum atomic E-state index is 13.2. The molecule has 1 fully saturated rings. The van der Waals surface area contributed by atoms with Crippen LogP contribution in [0.3, 0.4) is 0 Å². The summed E-state index contributed by atoms with van der Waals surface area (Å²) in [5.41, 5.74) is 2.81. The van der Waals surface area contributed by atoms with Gasteiger partial charge < -0.3 is 4.74 Å². The zero-order valence-electron chi connectivity index (χ0n) is 10.5. The molecular formula is C13H17F3N2O. The van der Waals surface area contributed by atoms with Gasteiger partial charge in [0.25, 0.3) is 0 Å². The quantitative estimate of drug-likeness (QED) is 0.493. The van der Waals surface area contributed by atoms with E-state index in [1.54, 1.807) is 0 Å². The first-order chi connectivity index (χ1) is 9.11. The summed E-state index contributed by atoms with van der Waals surface area (Å²) in [6.45, 7) is 0.755. The molecule has 1 aliphatic heterocycles. The average Bonchev–Trinajstić information content (AvgIpc) is 2.89. The fourth-order valence-corrected chi connectivity index (χ4v) is 2.35. The van der Waals surface area contributed by atoms with Gasteiger partial charge in [-0.15, -0.1) is 0 Å². The Morgan fingerprint density at radius 1 is 1.32 bits per heavy atom. The zero-order chi connectivity index (χ0) is 13.8. The van der Waals surface area contributed by atoms with Gasteiger partial charge in [0, 0.05) is 12.6 Å². The highest BCUT2D eigenvalue weighted by molar-refractivity contribution is 5.22. The van der Waals surface area contributed by atoms with Crippen LogP contribution < -0.4 is 11.3 Å². The molecule has 106 valence electrons. The van der Waals surface area contributed by atoms with Gasteiger partial charge in [0.05, 0.1) is 6.10 Å². The number of nitrogens with one attached hydrogen (secondary N) is 1. The Hall–Kier alpha value is -1.11. The van der Waals surface area contributed by atoms with Gasteiger partial charge in [-0.3, -0.25) is 11.3 Å². The summed E-state index contributed by atoms with van der Waals surface area (Å²) in [5, 5.41) is 0. The van der Waals surface area contributed by atoms with Crippen LogP contribution in [0.1, 0.15) is 37.3 Å². The van der Waals surface area contributed by atoms with E-state index in [9.17, 15) is 13.2 Å². The second-order valence-corrected chi connectivity index (χ2v) is 4.73. The minimum Gasteiger partial charge on any atom is -0.378 e. The van der Waals surface area contributed by atoms with Crippen LogP contribution in [-0.2, 0) is 4.74 Å². The number of ether oxygens (including phenoxy) is 1. The van der Waals surface area contributed by atoms with Gasteiger partial charge >= 0.3 is 0 Å². The first kappa shape index (κ1) is 14.3. The number of hydrogen-bond acceptors (Lipinski definition) is 3. The van der Waals surface area contributed by atoms with Crippen molar-refractivity contribution in [3.05, 3.63) is 35.1 Å². The van der Waals surface area contributed by atoms with E-state index in [4.69, 9.17) is 10.6 Å². The van der Waals surface area contributed by atoms with Crippen LogP contribution in [0.15, 0.2) is 12.1 Å². The van der Waals surface area contributed by atoms with Crippen LogP contribution >= 0.6 is 0 Å². The zero-order valence-corrected chi connectivity index (χ0v) is 10.5. The Labute approximate surface area is 109 Å². The third-order valence-corrected chi connectivity index (χ3v) is 3.41. The third kappa shape index (κ3) is 3.46. The number of halogens is 3. The molecular weight excluding hydrogens is 257 g/mol. The molecule has 0 aliphatic carbocycles. The summed E-state index contributed by atoms with van der Waals surface area (Å²) < 4.78 is 44.7. The van der Waals surface area contributed by atoms with Crippen molar-refractivity contribution < 1.29 is 17.9 Å². The van der Waals surface area contributed by atoms with Crippen LogP contribution in [-0.4, -0.2) is 12.7 Å². The lowest BCUT2D eigenvalue weighted by molar-refractivity contribution is 0.0996. The molecule has 1 heterocycles. The van der Waals surface area contributed by atoms with Crippen LogP contribution in [0.2, 0.25) is 0 Å². The summed E-state index contributed by atoms with van der Waals surface area (Å²) in [7, 11) is 0. The number of hydrogen-bond donors (Lipinski definition) is 2. The van der Waals surface area contributed by atoms with Crippen molar-refractivity contribution in [3.8, 4) is 0 Å². The lowest BCUT2D eigenvalue weighted by Crippen LogP contribution is -2.29. The Bertz CT molecular complexity index is 413. The standard InChI is InChI=1S/C13H17F3N2O/c14-10-6-8(7-11(15)13(10)16)12(18-17)4-3-9-2-1-5-19-9/h6-7,9,12,18H,1-5,17H2. The molecule has 1 aliphatic rings. The van der Waals surface area contributed by atoms with Crippen molar-refractivity contribution in [1.29, 1.82) is 0 Å². The van der Waals surface area contributed by atoms with Gasteiger partial charge in [-0.25, -0.2) is 13.2 Å². The summed E-state index contributed by atoms with van der Waals surface area (Å²) in [4.78, 5) is 0. The number of nitrogens with two attached hydrogens (primary N) is 1. The molecule has 3 nitrogen and oxygen atoms in total. The molecule has 1 aromatic rings. The summed E-state index contributed by atoms with van der Waals surface area (Å²) in [6.07, 6.45) is 3.52. The van der Waals surface area contributed by atoms with Crippen molar-refractivity contribution in [3.63, 3.8) is 0 Å². The van der Waals surface area contributed by atoms with E-state index in [1.165, 1.54) is 0 Å².